The first kappa shape index (κ1) is 19.1. The third-order valence-electron chi connectivity index (χ3n) is 4.49. The monoisotopic (exact) mass is 377 g/mol. The highest BCUT2D eigenvalue weighted by Gasteiger charge is 2.30. The Kier molecular flexibility index (Phi) is 5.88. The summed E-state index contributed by atoms with van der Waals surface area (Å²) in [4.78, 5) is 14.3. The SMILES string of the molecule is O=C(CCNc1cccc(C(F)(F)F)c1)Nc1ccc(N2CCCC2)cc1. The van der Waals surface area contributed by atoms with Gasteiger partial charge in [-0.25, -0.2) is 0 Å². The number of carbonyl (C=O) groups excluding carboxylic acids is 1. The number of benzene rings is 2. The predicted molar refractivity (Wildman–Crippen MR) is 101 cm³/mol. The van der Waals surface area contributed by atoms with E-state index in [2.05, 4.69) is 15.5 Å². The van der Waals surface area contributed by atoms with E-state index in [1.807, 2.05) is 24.3 Å². The lowest BCUT2D eigenvalue weighted by atomic mass is 10.2. The average Bonchev–Trinajstić information content (AvgIpc) is 3.16. The number of halogens is 3. The molecule has 0 bridgehead atoms. The molecule has 1 amide bonds. The molecule has 1 aliphatic heterocycles. The maximum absolute atomic E-state index is 12.7. The zero-order chi connectivity index (χ0) is 19.3. The van der Waals surface area contributed by atoms with E-state index in [0.29, 0.717) is 11.4 Å². The van der Waals surface area contributed by atoms with Gasteiger partial charge in [0.25, 0.3) is 0 Å². The standard InChI is InChI=1S/C20H22F3N3O/c21-20(22,23)15-4-3-5-17(14-15)24-11-10-19(27)25-16-6-8-18(9-7-16)26-12-1-2-13-26/h3-9,14,24H,1-2,10-13H2,(H,25,27). The summed E-state index contributed by atoms with van der Waals surface area (Å²) in [6, 6.07) is 12.7. The molecule has 4 nitrogen and oxygen atoms in total. The highest BCUT2D eigenvalue weighted by Crippen LogP contribution is 2.30. The van der Waals surface area contributed by atoms with E-state index in [4.69, 9.17) is 0 Å². The maximum Gasteiger partial charge on any atom is 0.416 e. The summed E-state index contributed by atoms with van der Waals surface area (Å²) in [7, 11) is 0. The van der Waals surface area contributed by atoms with Crippen LogP contribution in [0, 0.1) is 0 Å². The van der Waals surface area contributed by atoms with E-state index < -0.39 is 11.7 Å². The number of carbonyl (C=O) groups is 1. The summed E-state index contributed by atoms with van der Waals surface area (Å²) >= 11 is 0. The van der Waals surface area contributed by atoms with E-state index in [1.165, 1.54) is 18.9 Å². The Bertz CT molecular complexity index is 769. The van der Waals surface area contributed by atoms with Gasteiger partial charge in [-0.2, -0.15) is 13.2 Å². The zero-order valence-corrected chi connectivity index (χ0v) is 14.9. The molecule has 2 N–H and O–H groups in total. The second-order valence-electron chi connectivity index (χ2n) is 6.54. The van der Waals surface area contributed by atoms with Crippen LogP contribution in [0.1, 0.15) is 24.8 Å². The number of hydrogen-bond acceptors (Lipinski definition) is 3. The highest BCUT2D eigenvalue weighted by molar-refractivity contribution is 5.91. The second-order valence-corrected chi connectivity index (χ2v) is 6.54. The molecule has 1 saturated heterocycles. The van der Waals surface area contributed by atoms with Crippen LogP contribution in [0.4, 0.5) is 30.2 Å². The van der Waals surface area contributed by atoms with Crippen molar-refractivity contribution in [2.45, 2.75) is 25.4 Å². The zero-order valence-electron chi connectivity index (χ0n) is 14.9. The minimum absolute atomic E-state index is 0.157. The Hall–Kier alpha value is -2.70. The van der Waals surface area contributed by atoms with Gasteiger partial charge in [0.05, 0.1) is 5.56 Å². The maximum atomic E-state index is 12.7. The van der Waals surface area contributed by atoms with Crippen LogP contribution in [-0.2, 0) is 11.0 Å². The van der Waals surface area contributed by atoms with Gasteiger partial charge < -0.3 is 15.5 Å². The smallest absolute Gasteiger partial charge is 0.385 e. The molecule has 27 heavy (non-hydrogen) atoms. The van der Waals surface area contributed by atoms with E-state index in [9.17, 15) is 18.0 Å². The average molecular weight is 377 g/mol. The van der Waals surface area contributed by atoms with Crippen LogP contribution >= 0.6 is 0 Å². The van der Waals surface area contributed by atoms with Gasteiger partial charge in [0.2, 0.25) is 5.91 Å². The van der Waals surface area contributed by atoms with Crippen LogP contribution in [0.5, 0.6) is 0 Å². The molecule has 1 fully saturated rings. The van der Waals surface area contributed by atoms with Crippen LogP contribution in [0.15, 0.2) is 48.5 Å². The van der Waals surface area contributed by atoms with Crippen molar-refractivity contribution in [2.75, 3.05) is 35.2 Å². The van der Waals surface area contributed by atoms with Gasteiger partial charge in [-0.15, -0.1) is 0 Å². The van der Waals surface area contributed by atoms with Gasteiger partial charge in [-0.3, -0.25) is 4.79 Å². The topological polar surface area (TPSA) is 44.4 Å². The summed E-state index contributed by atoms with van der Waals surface area (Å²) in [5, 5.41) is 5.66. The Morgan fingerprint density at radius 2 is 1.70 bits per heavy atom. The molecule has 0 atom stereocenters. The fourth-order valence-corrected chi connectivity index (χ4v) is 3.08. The molecule has 3 rings (SSSR count). The fraction of sp³-hybridized carbons (Fsp3) is 0.350. The van der Waals surface area contributed by atoms with Crippen LogP contribution in [0.2, 0.25) is 0 Å². The summed E-state index contributed by atoms with van der Waals surface area (Å²) in [5.74, 6) is -0.191. The second kappa shape index (κ2) is 8.33. The summed E-state index contributed by atoms with van der Waals surface area (Å²) in [6.45, 7) is 2.37. The molecule has 0 spiro atoms. The molecule has 0 aliphatic carbocycles. The Balaban J connectivity index is 1.46. The number of alkyl halides is 3. The lowest BCUT2D eigenvalue weighted by Gasteiger charge is -2.17. The molecule has 7 heteroatoms. The third kappa shape index (κ3) is 5.39. The Morgan fingerprint density at radius 1 is 1.00 bits per heavy atom. The number of nitrogens with zero attached hydrogens (tertiary/aromatic N) is 1. The molecule has 144 valence electrons. The number of anilines is 3. The molecule has 1 heterocycles. The molecule has 0 saturated carbocycles. The van der Waals surface area contributed by atoms with Gasteiger partial charge in [0.15, 0.2) is 0 Å². The van der Waals surface area contributed by atoms with Crippen molar-refractivity contribution in [3.8, 4) is 0 Å². The molecule has 0 unspecified atom stereocenters. The fourth-order valence-electron chi connectivity index (χ4n) is 3.08. The lowest BCUT2D eigenvalue weighted by Crippen LogP contribution is -2.18. The minimum atomic E-state index is -4.38. The number of nitrogens with one attached hydrogen (secondary N) is 2. The van der Waals surface area contributed by atoms with Crippen LogP contribution in [0.25, 0.3) is 0 Å². The van der Waals surface area contributed by atoms with Crippen molar-refractivity contribution in [3.63, 3.8) is 0 Å². The van der Waals surface area contributed by atoms with Gasteiger partial charge in [-0.05, 0) is 55.3 Å². The number of amides is 1. The molecular formula is C20H22F3N3O. The summed E-state index contributed by atoms with van der Waals surface area (Å²) in [5.41, 5.74) is 1.49. The summed E-state index contributed by atoms with van der Waals surface area (Å²) in [6.07, 6.45) is -1.81. The van der Waals surface area contributed by atoms with Crippen molar-refractivity contribution in [1.29, 1.82) is 0 Å². The molecular weight excluding hydrogens is 355 g/mol. The Morgan fingerprint density at radius 3 is 2.37 bits per heavy atom. The van der Waals surface area contributed by atoms with Crippen molar-refractivity contribution in [1.82, 2.24) is 0 Å². The molecule has 1 aliphatic rings. The molecule has 0 aromatic heterocycles. The number of hydrogen-bond donors (Lipinski definition) is 2. The first-order valence-electron chi connectivity index (χ1n) is 8.98. The van der Waals surface area contributed by atoms with Crippen LogP contribution in [-0.4, -0.2) is 25.5 Å². The van der Waals surface area contributed by atoms with E-state index >= 15 is 0 Å². The molecule has 2 aromatic carbocycles. The summed E-state index contributed by atoms with van der Waals surface area (Å²) < 4.78 is 38.1. The van der Waals surface area contributed by atoms with Gasteiger partial charge in [0, 0.05) is 43.1 Å². The van der Waals surface area contributed by atoms with Crippen molar-refractivity contribution in [3.05, 3.63) is 54.1 Å². The predicted octanol–water partition coefficient (Wildman–Crippen LogP) is 4.75. The van der Waals surface area contributed by atoms with E-state index in [0.717, 1.165) is 30.9 Å². The number of rotatable bonds is 6. The van der Waals surface area contributed by atoms with Crippen LogP contribution in [0.3, 0.4) is 0 Å². The van der Waals surface area contributed by atoms with Crippen molar-refractivity contribution in [2.24, 2.45) is 0 Å². The lowest BCUT2D eigenvalue weighted by molar-refractivity contribution is -0.137. The molecule has 0 radical (unpaired) electrons. The van der Waals surface area contributed by atoms with E-state index in [-0.39, 0.29) is 18.9 Å². The van der Waals surface area contributed by atoms with Crippen molar-refractivity contribution < 1.29 is 18.0 Å². The minimum Gasteiger partial charge on any atom is -0.385 e. The van der Waals surface area contributed by atoms with Gasteiger partial charge in [0.1, 0.15) is 0 Å². The van der Waals surface area contributed by atoms with Crippen molar-refractivity contribution >= 4 is 23.0 Å². The normalized spacial score (nSPS) is 14.3. The first-order valence-corrected chi connectivity index (χ1v) is 8.98. The van der Waals surface area contributed by atoms with Gasteiger partial charge >= 0.3 is 6.18 Å². The van der Waals surface area contributed by atoms with Gasteiger partial charge in [-0.1, -0.05) is 6.07 Å². The Labute approximate surface area is 156 Å². The van der Waals surface area contributed by atoms with Crippen LogP contribution < -0.4 is 15.5 Å². The highest BCUT2D eigenvalue weighted by atomic mass is 19.4. The third-order valence-corrected chi connectivity index (χ3v) is 4.49. The first-order chi connectivity index (χ1) is 12.9. The quantitative estimate of drug-likeness (QED) is 0.764. The molecule has 2 aromatic rings. The largest absolute Gasteiger partial charge is 0.416 e. The van der Waals surface area contributed by atoms with E-state index in [1.54, 1.807) is 6.07 Å².